The highest BCUT2D eigenvalue weighted by Gasteiger charge is 2.53. The summed E-state index contributed by atoms with van der Waals surface area (Å²) in [5.74, 6) is 1.41. The molecule has 178 valence electrons. The molecule has 8 nitrogen and oxygen atoms in total. The minimum atomic E-state index is -0.521. The van der Waals surface area contributed by atoms with Gasteiger partial charge in [-0.25, -0.2) is 9.79 Å². The molecule has 8 heteroatoms. The van der Waals surface area contributed by atoms with Gasteiger partial charge < -0.3 is 19.4 Å². The third-order valence-corrected chi connectivity index (χ3v) is 6.73. The summed E-state index contributed by atoms with van der Waals surface area (Å²) in [4.78, 5) is 39.1. The Hall–Kier alpha value is -3.55. The predicted octanol–water partition coefficient (Wildman–Crippen LogP) is 3.45. The number of anilines is 1. The van der Waals surface area contributed by atoms with Gasteiger partial charge >= 0.3 is 6.03 Å². The van der Waals surface area contributed by atoms with E-state index in [1.165, 1.54) is 4.90 Å². The van der Waals surface area contributed by atoms with Crippen molar-refractivity contribution in [1.82, 2.24) is 14.7 Å². The van der Waals surface area contributed by atoms with E-state index in [0.29, 0.717) is 6.61 Å². The number of amides is 3. The second-order valence-electron chi connectivity index (χ2n) is 9.07. The number of imide groups is 1. The van der Waals surface area contributed by atoms with E-state index in [-0.39, 0.29) is 18.5 Å². The molecule has 2 saturated heterocycles. The van der Waals surface area contributed by atoms with E-state index in [1.807, 2.05) is 62.4 Å². The third kappa shape index (κ3) is 3.87. The van der Waals surface area contributed by atoms with Gasteiger partial charge in [0.05, 0.1) is 13.2 Å². The second kappa shape index (κ2) is 9.00. The monoisotopic (exact) mass is 461 g/mol. The fourth-order valence-electron chi connectivity index (χ4n) is 5.05. The number of fused-ring (bicyclic) bond motifs is 3. The van der Waals surface area contributed by atoms with Gasteiger partial charge in [0.1, 0.15) is 5.75 Å². The molecule has 0 saturated carbocycles. The van der Waals surface area contributed by atoms with Crippen LogP contribution >= 0.6 is 0 Å². The molecular formula is C26H31N5O3. The number of urea groups is 1. The molecule has 34 heavy (non-hydrogen) atoms. The highest BCUT2D eigenvalue weighted by Crippen LogP contribution is 2.33. The SMILES string of the molecule is CCOc1ccc(N2CCCCN3C2=NC2C3C(=O)N(Cc3cccc(C)c3)C(=O)N2C)cc1. The van der Waals surface area contributed by atoms with Crippen LogP contribution in [0.4, 0.5) is 10.5 Å². The molecule has 0 spiro atoms. The van der Waals surface area contributed by atoms with Gasteiger partial charge in [-0.3, -0.25) is 9.69 Å². The average Bonchev–Trinajstić information content (AvgIpc) is 3.09. The van der Waals surface area contributed by atoms with Gasteiger partial charge in [-0.1, -0.05) is 29.8 Å². The molecule has 3 aliphatic rings. The molecule has 2 fully saturated rings. The van der Waals surface area contributed by atoms with Crippen LogP contribution in [0, 0.1) is 6.92 Å². The average molecular weight is 462 g/mol. The first kappa shape index (κ1) is 22.3. The molecule has 3 amide bonds. The standard InChI is InChI=1S/C26H31N5O3/c1-4-34-21-12-10-20(11-13-21)29-14-5-6-15-30-22-23(27-25(29)30)28(3)26(33)31(24(22)32)17-19-9-7-8-18(2)16-19/h7-13,16,22-23H,4-6,14-15,17H2,1-3H3. The second-order valence-corrected chi connectivity index (χ2v) is 9.07. The van der Waals surface area contributed by atoms with Crippen LogP contribution in [0.1, 0.15) is 30.9 Å². The van der Waals surface area contributed by atoms with Crippen molar-refractivity contribution < 1.29 is 14.3 Å². The lowest BCUT2D eigenvalue weighted by molar-refractivity contribution is -0.138. The van der Waals surface area contributed by atoms with Crippen LogP contribution in [-0.2, 0) is 11.3 Å². The summed E-state index contributed by atoms with van der Waals surface area (Å²) in [5, 5.41) is 0. The van der Waals surface area contributed by atoms with E-state index >= 15 is 0 Å². The smallest absolute Gasteiger partial charge is 0.328 e. The van der Waals surface area contributed by atoms with Crippen LogP contribution in [0.25, 0.3) is 0 Å². The van der Waals surface area contributed by atoms with Crippen molar-refractivity contribution in [3.05, 3.63) is 59.7 Å². The van der Waals surface area contributed by atoms with Gasteiger partial charge in [0.2, 0.25) is 5.96 Å². The summed E-state index contributed by atoms with van der Waals surface area (Å²) >= 11 is 0. The maximum atomic E-state index is 13.7. The zero-order valence-corrected chi connectivity index (χ0v) is 20.0. The number of likely N-dealkylation sites (N-methyl/N-ethyl adjacent to an activating group) is 1. The number of benzene rings is 2. The maximum Gasteiger partial charge on any atom is 0.328 e. The first-order valence-electron chi connectivity index (χ1n) is 12.0. The van der Waals surface area contributed by atoms with Crippen molar-refractivity contribution in [2.75, 3.05) is 31.6 Å². The highest BCUT2D eigenvalue weighted by molar-refractivity contribution is 6.07. The summed E-state index contributed by atoms with van der Waals surface area (Å²) in [6.07, 6.45) is 1.43. The number of carbonyl (C=O) groups is 2. The zero-order valence-electron chi connectivity index (χ0n) is 20.0. The Morgan fingerprint density at radius 1 is 1.06 bits per heavy atom. The lowest BCUT2D eigenvalue weighted by Gasteiger charge is -2.41. The van der Waals surface area contributed by atoms with Crippen molar-refractivity contribution in [2.45, 2.75) is 45.4 Å². The fraction of sp³-hybridized carbons (Fsp3) is 0.423. The number of nitrogens with zero attached hydrogens (tertiary/aromatic N) is 5. The van der Waals surface area contributed by atoms with E-state index in [4.69, 9.17) is 9.73 Å². The van der Waals surface area contributed by atoms with Crippen LogP contribution < -0.4 is 9.64 Å². The Balaban J connectivity index is 1.44. The van der Waals surface area contributed by atoms with Crippen molar-refractivity contribution in [2.24, 2.45) is 4.99 Å². The number of carbonyl (C=O) groups excluding carboxylic acids is 2. The Morgan fingerprint density at radius 2 is 1.82 bits per heavy atom. The third-order valence-electron chi connectivity index (χ3n) is 6.73. The van der Waals surface area contributed by atoms with Gasteiger partial charge in [0.25, 0.3) is 5.91 Å². The summed E-state index contributed by atoms with van der Waals surface area (Å²) in [5.41, 5.74) is 3.05. The Kier molecular flexibility index (Phi) is 5.89. The predicted molar refractivity (Wildman–Crippen MR) is 131 cm³/mol. The lowest BCUT2D eigenvalue weighted by Crippen LogP contribution is -2.65. The van der Waals surface area contributed by atoms with E-state index in [0.717, 1.165) is 54.5 Å². The largest absolute Gasteiger partial charge is 0.494 e. The molecule has 3 aliphatic heterocycles. The van der Waals surface area contributed by atoms with Crippen LogP contribution in [0.2, 0.25) is 0 Å². The number of aliphatic imine (C=N–C) groups is 1. The van der Waals surface area contributed by atoms with E-state index in [2.05, 4.69) is 9.80 Å². The summed E-state index contributed by atoms with van der Waals surface area (Å²) < 4.78 is 5.59. The quantitative estimate of drug-likeness (QED) is 0.682. The summed E-state index contributed by atoms with van der Waals surface area (Å²) in [6, 6.07) is 15.1. The van der Waals surface area contributed by atoms with Crippen LogP contribution in [0.3, 0.4) is 0 Å². The van der Waals surface area contributed by atoms with E-state index in [1.54, 1.807) is 11.9 Å². The van der Waals surface area contributed by atoms with Gasteiger partial charge in [0, 0.05) is 25.8 Å². The lowest BCUT2D eigenvalue weighted by atomic mass is 10.1. The van der Waals surface area contributed by atoms with Gasteiger partial charge in [-0.2, -0.15) is 0 Å². The molecule has 0 N–H and O–H groups in total. The number of hydrogen-bond acceptors (Lipinski definition) is 6. The number of rotatable bonds is 5. The molecule has 2 aromatic rings. The number of ether oxygens (including phenoxy) is 1. The number of guanidine groups is 1. The van der Waals surface area contributed by atoms with Crippen LogP contribution in [-0.4, -0.2) is 71.5 Å². The number of hydrogen-bond donors (Lipinski definition) is 0. The molecule has 3 heterocycles. The van der Waals surface area contributed by atoms with Gasteiger partial charge in [-0.15, -0.1) is 0 Å². The maximum absolute atomic E-state index is 13.7. The molecule has 0 aromatic heterocycles. The molecule has 0 radical (unpaired) electrons. The van der Waals surface area contributed by atoms with Crippen LogP contribution in [0.15, 0.2) is 53.5 Å². The van der Waals surface area contributed by atoms with Crippen molar-refractivity contribution in [3.63, 3.8) is 0 Å². The molecule has 0 bridgehead atoms. The minimum Gasteiger partial charge on any atom is -0.494 e. The van der Waals surface area contributed by atoms with Gasteiger partial charge in [0.15, 0.2) is 12.2 Å². The first-order valence-corrected chi connectivity index (χ1v) is 12.0. The highest BCUT2D eigenvalue weighted by atomic mass is 16.5. The summed E-state index contributed by atoms with van der Waals surface area (Å²) in [6.45, 7) is 6.40. The van der Waals surface area contributed by atoms with E-state index < -0.39 is 12.2 Å². The van der Waals surface area contributed by atoms with Crippen molar-refractivity contribution >= 4 is 23.6 Å². The normalized spacial score (nSPS) is 22.4. The Bertz CT molecular complexity index is 1120. The Labute approximate surface area is 200 Å². The molecule has 2 atom stereocenters. The first-order chi connectivity index (χ1) is 16.5. The molecule has 0 aliphatic carbocycles. The van der Waals surface area contributed by atoms with E-state index in [9.17, 15) is 9.59 Å². The zero-order chi connectivity index (χ0) is 23.8. The van der Waals surface area contributed by atoms with Gasteiger partial charge in [-0.05, 0) is 56.5 Å². The van der Waals surface area contributed by atoms with Crippen LogP contribution in [0.5, 0.6) is 5.75 Å². The topological polar surface area (TPSA) is 68.7 Å². The van der Waals surface area contributed by atoms with Crippen molar-refractivity contribution in [1.29, 1.82) is 0 Å². The molecule has 2 aromatic carbocycles. The molecule has 5 rings (SSSR count). The van der Waals surface area contributed by atoms with Crippen molar-refractivity contribution in [3.8, 4) is 5.75 Å². The minimum absolute atomic E-state index is 0.179. The number of aryl methyl sites for hydroxylation is 1. The fourth-order valence-corrected chi connectivity index (χ4v) is 5.05. The molecular weight excluding hydrogens is 430 g/mol. The molecule has 2 unspecified atom stereocenters. The summed E-state index contributed by atoms with van der Waals surface area (Å²) in [7, 11) is 1.74. The Morgan fingerprint density at radius 3 is 2.56 bits per heavy atom.